The van der Waals surface area contributed by atoms with Gasteiger partial charge in [-0.1, -0.05) is 18.2 Å². The topological polar surface area (TPSA) is 71.9 Å². The summed E-state index contributed by atoms with van der Waals surface area (Å²) in [6.45, 7) is 0.381. The van der Waals surface area contributed by atoms with E-state index in [1.54, 1.807) is 12.4 Å². The molecule has 1 aromatic heterocycles. The highest BCUT2D eigenvalue weighted by atomic mass is 16.5. The number of nitrogens with zero attached hydrogens (tertiary/aromatic N) is 2. The Labute approximate surface area is 112 Å². The minimum Gasteiger partial charge on any atom is -0.484 e. The Morgan fingerprint density at radius 2 is 2.05 bits per heavy atom. The number of nitrogens with two attached hydrogens (primary N) is 1. The number of nitriles is 1. The highest BCUT2D eigenvalue weighted by molar-refractivity contribution is 5.29. The maximum atomic E-state index is 8.62. The summed E-state index contributed by atoms with van der Waals surface area (Å²) in [5.41, 5.74) is 7.66. The molecule has 0 saturated heterocycles. The van der Waals surface area contributed by atoms with Crippen LogP contribution in [0.25, 0.3) is 0 Å². The molecule has 0 saturated carbocycles. The minimum absolute atomic E-state index is 0.212. The first-order chi connectivity index (χ1) is 9.33. The van der Waals surface area contributed by atoms with E-state index in [0.29, 0.717) is 13.0 Å². The maximum absolute atomic E-state index is 8.62. The van der Waals surface area contributed by atoms with Gasteiger partial charge in [-0.15, -0.1) is 0 Å². The zero-order valence-corrected chi connectivity index (χ0v) is 10.5. The Bertz CT molecular complexity index is 546. The lowest BCUT2D eigenvalue weighted by atomic mass is 10.1. The van der Waals surface area contributed by atoms with Crippen molar-refractivity contribution in [3.8, 4) is 11.8 Å². The summed E-state index contributed by atoms with van der Waals surface area (Å²) in [5.74, 6) is 0.737. The van der Waals surface area contributed by atoms with Crippen LogP contribution in [0.4, 0.5) is 0 Å². The number of hydrogen-bond acceptors (Lipinski definition) is 4. The molecule has 19 heavy (non-hydrogen) atoms. The molecule has 2 rings (SSSR count). The molecule has 4 heteroatoms. The lowest BCUT2D eigenvalue weighted by Gasteiger charge is -2.17. The van der Waals surface area contributed by atoms with Gasteiger partial charge >= 0.3 is 0 Å². The molecule has 0 amide bonds. The van der Waals surface area contributed by atoms with Crippen molar-refractivity contribution in [1.29, 1.82) is 5.26 Å². The van der Waals surface area contributed by atoms with Gasteiger partial charge in [-0.05, 0) is 23.8 Å². The SMILES string of the molecule is N#CCc1ccc(OC(CN)c2cccnc2)cc1. The molecular formula is C15H15N3O. The van der Waals surface area contributed by atoms with Crippen LogP contribution in [0.15, 0.2) is 48.8 Å². The van der Waals surface area contributed by atoms with E-state index in [1.807, 2.05) is 36.4 Å². The Hall–Kier alpha value is -2.38. The van der Waals surface area contributed by atoms with Crippen LogP contribution in [0.5, 0.6) is 5.75 Å². The third kappa shape index (κ3) is 3.54. The lowest BCUT2D eigenvalue weighted by molar-refractivity contribution is 0.214. The van der Waals surface area contributed by atoms with E-state index in [-0.39, 0.29) is 6.10 Å². The van der Waals surface area contributed by atoms with Gasteiger partial charge in [0.15, 0.2) is 0 Å². The van der Waals surface area contributed by atoms with Gasteiger partial charge in [-0.3, -0.25) is 4.98 Å². The van der Waals surface area contributed by atoms with Crippen molar-refractivity contribution in [1.82, 2.24) is 4.98 Å². The van der Waals surface area contributed by atoms with E-state index >= 15 is 0 Å². The summed E-state index contributed by atoms with van der Waals surface area (Å²) in [6, 6.07) is 13.4. The van der Waals surface area contributed by atoms with Gasteiger partial charge in [-0.25, -0.2) is 0 Å². The second-order valence-electron chi connectivity index (χ2n) is 4.11. The molecule has 1 atom stereocenters. The van der Waals surface area contributed by atoms with Crippen molar-refractivity contribution in [2.45, 2.75) is 12.5 Å². The second-order valence-corrected chi connectivity index (χ2v) is 4.11. The summed E-state index contributed by atoms with van der Waals surface area (Å²) in [5, 5.41) is 8.62. The van der Waals surface area contributed by atoms with E-state index in [2.05, 4.69) is 11.1 Å². The van der Waals surface area contributed by atoms with Crippen LogP contribution >= 0.6 is 0 Å². The zero-order valence-electron chi connectivity index (χ0n) is 10.5. The Balaban J connectivity index is 2.09. The maximum Gasteiger partial charge on any atom is 0.137 e. The molecule has 0 bridgehead atoms. The fourth-order valence-electron chi connectivity index (χ4n) is 1.76. The van der Waals surface area contributed by atoms with Crippen molar-refractivity contribution >= 4 is 0 Å². The number of pyridine rings is 1. The van der Waals surface area contributed by atoms with E-state index in [0.717, 1.165) is 16.9 Å². The van der Waals surface area contributed by atoms with Gasteiger partial charge in [0, 0.05) is 24.5 Å². The quantitative estimate of drug-likeness (QED) is 0.886. The first-order valence-corrected chi connectivity index (χ1v) is 6.06. The van der Waals surface area contributed by atoms with Gasteiger partial charge in [-0.2, -0.15) is 5.26 Å². The van der Waals surface area contributed by atoms with Gasteiger partial charge < -0.3 is 10.5 Å². The van der Waals surface area contributed by atoms with Gasteiger partial charge in [0.05, 0.1) is 12.5 Å². The molecule has 1 aromatic carbocycles. The second kappa shape index (κ2) is 6.53. The van der Waals surface area contributed by atoms with Crippen molar-refractivity contribution in [2.24, 2.45) is 5.73 Å². The Morgan fingerprint density at radius 3 is 2.63 bits per heavy atom. The molecule has 1 heterocycles. The number of rotatable bonds is 5. The number of ether oxygens (including phenoxy) is 1. The van der Waals surface area contributed by atoms with Crippen LogP contribution in [0.1, 0.15) is 17.2 Å². The minimum atomic E-state index is -0.212. The first-order valence-electron chi connectivity index (χ1n) is 6.06. The molecule has 0 fully saturated rings. The molecule has 0 spiro atoms. The van der Waals surface area contributed by atoms with Crippen molar-refractivity contribution in [2.75, 3.05) is 6.54 Å². The summed E-state index contributed by atoms with van der Waals surface area (Å²) in [6.07, 6.45) is 3.66. The number of aromatic nitrogens is 1. The fraction of sp³-hybridized carbons (Fsp3) is 0.200. The Morgan fingerprint density at radius 1 is 1.26 bits per heavy atom. The van der Waals surface area contributed by atoms with Crippen LogP contribution in [0.2, 0.25) is 0 Å². The predicted octanol–water partition coefficient (Wildman–Crippen LogP) is 2.23. The highest BCUT2D eigenvalue weighted by Crippen LogP contribution is 2.21. The highest BCUT2D eigenvalue weighted by Gasteiger charge is 2.11. The smallest absolute Gasteiger partial charge is 0.137 e. The van der Waals surface area contributed by atoms with Crippen molar-refractivity contribution in [3.05, 3.63) is 59.9 Å². The van der Waals surface area contributed by atoms with Gasteiger partial charge in [0.2, 0.25) is 0 Å². The Kier molecular flexibility index (Phi) is 4.49. The third-order valence-corrected chi connectivity index (χ3v) is 2.76. The molecule has 96 valence electrons. The summed E-state index contributed by atoms with van der Waals surface area (Å²) in [7, 11) is 0. The number of hydrogen-bond donors (Lipinski definition) is 1. The standard InChI is InChI=1S/C15H15N3O/c16-8-7-12-3-5-14(6-4-12)19-15(10-17)13-2-1-9-18-11-13/h1-6,9,11,15H,7,10,17H2. The van der Waals surface area contributed by atoms with E-state index < -0.39 is 0 Å². The van der Waals surface area contributed by atoms with E-state index in [1.165, 1.54) is 0 Å². The molecule has 0 aliphatic heterocycles. The summed E-state index contributed by atoms with van der Waals surface area (Å²) >= 11 is 0. The fourth-order valence-corrected chi connectivity index (χ4v) is 1.76. The summed E-state index contributed by atoms with van der Waals surface area (Å²) < 4.78 is 5.83. The molecule has 1 unspecified atom stereocenters. The molecule has 2 N–H and O–H groups in total. The van der Waals surface area contributed by atoms with Crippen LogP contribution in [0.3, 0.4) is 0 Å². The molecule has 0 radical (unpaired) electrons. The van der Waals surface area contributed by atoms with Crippen LogP contribution in [-0.2, 0) is 6.42 Å². The predicted molar refractivity (Wildman–Crippen MR) is 72.4 cm³/mol. The van der Waals surface area contributed by atoms with Crippen molar-refractivity contribution < 1.29 is 4.74 Å². The molecule has 4 nitrogen and oxygen atoms in total. The number of benzene rings is 1. The molecular weight excluding hydrogens is 238 g/mol. The molecule has 2 aromatic rings. The largest absolute Gasteiger partial charge is 0.484 e. The zero-order chi connectivity index (χ0) is 13.5. The van der Waals surface area contributed by atoms with E-state index in [4.69, 9.17) is 15.7 Å². The molecule has 0 aliphatic rings. The molecule has 0 aliphatic carbocycles. The van der Waals surface area contributed by atoms with Gasteiger partial charge in [0.25, 0.3) is 0 Å². The van der Waals surface area contributed by atoms with Crippen LogP contribution in [-0.4, -0.2) is 11.5 Å². The normalized spacial score (nSPS) is 11.6. The average molecular weight is 253 g/mol. The first kappa shape index (κ1) is 13.1. The van der Waals surface area contributed by atoms with Crippen molar-refractivity contribution in [3.63, 3.8) is 0 Å². The van der Waals surface area contributed by atoms with Crippen LogP contribution < -0.4 is 10.5 Å². The van der Waals surface area contributed by atoms with Gasteiger partial charge in [0.1, 0.15) is 11.9 Å². The lowest BCUT2D eigenvalue weighted by Crippen LogP contribution is -2.18. The average Bonchev–Trinajstić information content (AvgIpc) is 2.48. The monoisotopic (exact) mass is 253 g/mol. The van der Waals surface area contributed by atoms with E-state index in [9.17, 15) is 0 Å². The summed E-state index contributed by atoms with van der Waals surface area (Å²) in [4.78, 5) is 4.06. The van der Waals surface area contributed by atoms with Crippen LogP contribution in [0, 0.1) is 11.3 Å². The third-order valence-electron chi connectivity index (χ3n) is 2.76.